The van der Waals surface area contributed by atoms with Crippen LogP contribution in [0.15, 0.2) is 0 Å². The second-order valence-corrected chi connectivity index (χ2v) is 6.00. The predicted molar refractivity (Wildman–Crippen MR) is 67.2 cm³/mol. The van der Waals surface area contributed by atoms with Crippen LogP contribution in [0.5, 0.6) is 0 Å². The predicted octanol–water partition coefficient (Wildman–Crippen LogP) is 1.59. The lowest BCUT2D eigenvalue weighted by atomic mass is 9.77. The number of amides is 1. The Balaban J connectivity index is 2.53. The van der Waals surface area contributed by atoms with Crippen molar-refractivity contribution in [2.24, 2.45) is 5.41 Å². The van der Waals surface area contributed by atoms with Crippen LogP contribution in [0.1, 0.15) is 40.0 Å². The fourth-order valence-corrected chi connectivity index (χ4v) is 2.09. The molecule has 104 valence electrons. The molecule has 1 heterocycles. The normalized spacial score (nSPS) is 19.4. The zero-order valence-corrected chi connectivity index (χ0v) is 11.4. The monoisotopic (exact) mass is 257 g/mol. The number of piperidine rings is 1. The first-order valence-electron chi connectivity index (χ1n) is 6.34. The Hall–Kier alpha value is -1.10. The molecule has 0 aromatic carbocycles. The van der Waals surface area contributed by atoms with Gasteiger partial charge in [-0.1, -0.05) is 0 Å². The number of aliphatic hydroxyl groups is 1. The summed E-state index contributed by atoms with van der Waals surface area (Å²) in [4.78, 5) is 24.1. The van der Waals surface area contributed by atoms with Crippen molar-refractivity contribution in [2.75, 3.05) is 19.7 Å². The topological polar surface area (TPSA) is 66.8 Å². The number of aldehydes is 1. The maximum absolute atomic E-state index is 11.8. The third-order valence-corrected chi connectivity index (χ3v) is 3.33. The maximum atomic E-state index is 11.8. The smallest absolute Gasteiger partial charge is 0.410 e. The Bertz CT molecular complexity index is 301. The lowest BCUT2D eigenvalue weighted by Crippen LogP contribution is -2.46. The molecule has 1 aliphatic rings. The van der Waals surface area contributed by atoms with Crippen molar-refractivity contribution < 1.29 is 19.4 Å². The lowest BCUT2D eigenvalue weighted by Gasteiger charge is -2.40. The van der Waals surface area contributed by atoms with Gasteiger partial charge in [0, 0.05) is 31.5 Å². The molecule has 1 saturated heterocycles. The van der Waals surface area contributed by atoms with Gasteiger partial charge in [-0.15, -0.1) is 0 Å². The molecule has 1 fully saturated rings. The van der Waals surface area contributed by atoms with Crippen molar-refractivity contribution in [2.45, 2.75) is 45.6 Å². The lowest BCUT2D eigenvalue weighted by molar-refractivity contribution is -0.111. The summed E-state index contributed by atoms with van der Waals surface area (Å²) in [5.41, 5.74) is -0.842. The quantitative estimate of drug-likeness (QED) is 0.780. The number of hydrogen-bond donors (Lipinski definition) is 1. The minimum atomic E-state index is -0.495. The van der Waals surface area contributed by atoms with Gasteiger partial charge in [0.05, 0.1) is 0 Å². The molecular formula is C13H23NO4. The highest BCUT2D eigenvalue weighted by atomic mass is 16.6. The Morgan fingerprint density at radius 3 is 2.33 bits per heavy atom. The highest BCUT2D eigenvalue weighted by Crippen LogP contribution is 2.34. The number of carbonyl (C=O) groups is 2. The van der Waals surface area contributed by atoms with E-state index < -0.39 is 5.60 Å². The first-order valence-corrected chi connectivity index (χ1v) is 6.34. The molecule has 1 aliphatic heterocycles. The molecule has 0 radical (unpaired) electrons. The molecule has 0 unspecified atom stereocenters. The van der Waals surface area contributed by atoms with E-state index in [-0.39, 0.29) is 18.1 Å². The van der Waals surface area contributed by atoms with Gasteiger partial charge in [-0.05, 0) is 33.6 Å². The number of rotatable bonds is 3. The van der Waals surface area contributed by atoms with Crippen molar-refractivity contribution in [3.05, 3.63) is 0 Å². The molecule has 0 spiro atoms. The van der Waals surface area contributed by atoms with Crippen molar-refractivity contribution in [1.82, 2.24) is 4.90 Å². The Kier molecular flexibility index (Phi) is 4.73. The first-order chi connectivity index (χ1) is 8.32. The number of likely N-dealkylation sites (tertiary alicyclic amines) is 1. The van der Waals surface area contributed by atoms with E-state index in [9.17, 15) is 14.7 Å². The Morgan fingerprint density at radius 2 is 1.94 bits per heavy atom. The van der Waals surface area contributed by atoms with Gasteiger partial charge in [0.15, 0.2) is 0 Å². The van der Waals surface area contributed by atoms with E-state index in [1.54, 1.807) is 4.90 Å². The van der Waals surface area contributed by atoms with E-state index in [1.807, 2.05) is 20.8 Å². The summed E-state index contributed by atoms with van der Waals surface area (Å²) in [6.45, 7) is 6.55. The standard InChI is InChI=1S/C13H23NO4/c1-12(2,3)18-11(17)14-7-4-13(10-16,5-8-14)6-9-15/h9,16H,4-8,10H2,1-3H3. The summed E-state index contributed by atoms with van der Waals surface area (Å²) < 4.78 is 5.29. The summed E-state index contributed by atoms with van der Waals surface area (Å²) in [7, 11) is 0. The van der Waals surface area contributed by atoms with Gasteiger partial charge in [0.25, 0.3) is 0 Å². The summed E-state index contributed by atoms with van der Waals surface area (Å²) in [6, 6.07) is 0. The zero-order valence-electron chi connectivity index (χ0n) is 11.4. The van der Waals surface area contributed by atoms with Crippen LogP contribution < -0.4 is 0 Å². The van der Waals surface area contributed by atoms with Crippen LogP contribution >= 0.6 is 0 Å². The zero-order chi connectivity index (χ0) is 13.8. The average Bonchev–Trinajstić information content (AvgIpc) is 2.28. The molecule has 1 amide bonds. The van der Waals surface area contributed by atoms with E-state index >= 15 is 0 Å². The van der Waals surface area contributed by atoms with Crippen LogP contribution in [-0.2, 0) is 9.53 Å². The van der Waals surface area contributed by atoms with E-state index in [4.69, 9.17) is 4.74 Å². The van der Waals surface area contributed by atoms with Crippen molar-refractivity contribution in [1.29, 1.82) is 0 Å². The molecule has 0 aromatic rings. The van der Waals surface area contributed by atoms with Crippen molar-refractivity contribution in [3.8, 4) is 0 Å². The van der Waals surface area contributed by atoms with E-state index in [2.05, 4.69) is 0 Å². The number of hydrogen-bond acceptors (Lipinski definition) is 4. The molecule has 1 N–H and O–H groups in total. The van der Waals surface area contributed by atoms with Crippen LogP contribution in [0.4, 0.5) is 4.79 Å². The summed E-state index contributed by atoms with van der Waals surface area (Å²) in [6.07, 6.45) is 2.16. The minimum Gasteiger partial charge on any atom is -0.444 e. The third-order valence-electron chi connectivity index (χ3n) is 3.33. The van der Waals surface area contributed by atoms with Gasteiger partial charge in [-0.3, -0.25) is 0 Å². The van der Waals surface area contributed by atoms with E-state index in [0.717, 1.165) is 6.29 Å². The molecule has 1 rings (SSSR count). The Morgan fingerprint density at radius 1 is 1.39 bits per heavy atom. The van der Waals surface area contributed by atoms with Gasteiger partial charge in [-0.2, -0.15) is 0 Å². The van der Waals surface area contributed by atoms with Crippen LogP contribution in [0.2, 0.25) is 0 Å². The van der Waals surface area contributed by atoms with Gasteiger partial charge >= 0.3 is 6.09 Å². The van der Waals surface area contributed by atoms with Gasteiger partial charge in [-0.25, -0.2) is 4.79 Å². The molecule has 5 nitrogen and oxygen atoms in total. The second-order valence-electron chi connectivity index (χ2n) is 6.00. The van der Waals surface area contributed by atoms with Crippen molar-refractivity contribution >= 4 is 12.4 Å². The molecule has 18 heavy (non-hydrogen) atoms. The molecule has 0 saturated carbocycles. The minimum absolute atomic E-state index is 0.00605. The van der Waals surface area contributed by atoms with E-state index in [1.165, 1.54) is 0 Å². The second kappa shape index (κ2) is 5.69. The summed E-state index contributed by atoms with van der Waals surface area (Å²) >= 11 is 0. The first kappa shape index (κ1) is 15.0. The molecule has 0 aromatic heterocycles. The molecular weight excluding hydrogens is 234 g/mol. The van der Waals surface area contributed by atoms with Crippen LogP contribution in [0, 0.1) is 5.41 Å². The molecule has 5 heteroatoms. The fraction of sp³-hybridized carbons (Fsp3) is 0.846. The average molecular weight is 257 g/mol. The number of aliphatic hydroxyl groups excluding tert-OH is 1. The molecule has 0 aliphatic carbocycles. The number of ether oxygens (including phenoxy) is 1. The molecule has 0 bridgehead atoms. The maximum Gasteiger partial charge on any atom is 0.410 e. The third kappa shape index (κ3) is 3.98. The summed E-state index contributed by atoms with van der Waals surface area (Å²) in [5, 5.41) is 9.39. The Labute approximate surface area is 108 Å². The fourth-order valence-electron chi connectivity index (χ4n) is 2.09. The summed E-state index contributed by atoms with van der Waals surface area (Å²) in [5.74, 6) is 0. The van der Waals surface area contributed by atoms with E-state index in [0.29, 0.717) is 32.4 Å². The number of carbonyl (C=O) groups excluding carboxylic acids is 2. The number of nitrogens with zero attached hydrogens (tertiary/aromatic N) is 1. The van der Waals surface area contributed by atoms with Gasteiger partial charge < -0.3 is 19.5 Å². The highest BCUT2D eigenvalue weighted by molar-refractivity contribution is 5.68. The van der Waals surface area contributed by atoms with Gasteiger partial charge in [0.2, 0.25) is 0 Å². The van der Waals surface area contributed by atoms with Crippen LogP contribution in [-0.4, -0.2) is 47.7 Å². The van der Waals surface area contributed by atoms with Crippen molar-refractivity contribution in [3.63, 3.8) is 0 Å². The van der Waals surface area contributed by atoms with Crippen LogP contribution in [0.25, 0.3) is 0 Å². The van der Waals surface area contributed by atoms with Gasteiger partial charge in [0.1, 0.15) is 11.9 Å². The molecule has 0 atom stereocenters. The largest absolute Gasteiger partial charge is 0.444 e. The van der Waals surface area contributed by atoms with Crippen LogP contribution in [0.3, 0.4) is 0 Å². The highest BCUT2D eigenvalue weighted by Gasteiger charge is 2.36. The SMILES string of the molecule is CC(C)(C)OC(=O)N1CCC(CO)(CC=O)CC1.